The summed E-state index contributed by atoms with van der Waals surface area (Å²) in [7, 11) is -3.76. The number of nitrogens with zero attached hydrogens (tertiary/aromatic N) is 3. The van der Waals surface area contributed by atoms with Crippen LogP contribution in [0.5, 0.6) is 0 Å². The highest BCUT2D eigenvalue weighted by molar-refractivity contribution is 7.89. The van der Waals surface area contributed by atoms with Crippen LogP contribution in [0.2, 0.25) is 0 Å². The van der Waals surface area contributed by atoms with Crippen molar-refractivity contribution in [2.45, 2.75) is 24.4 Å². The molecule has 0 aliphatic carbocycles. The summed E-state index contributed by atoms with van der Waals surface area (Å²) in [5.41, 5.74) is 1.80. The molecule has 5 aromatic rings. The summed E-state index contributed by atoms with van der Waals surface area (Å²) in [6.07, 6.45) is 0.584. The van der Waals surface area contributed by atoms with E-state index in [0.717, 1.165) is 5.56 Å². The maximum absolute atomic E-state index is 12.4. The molecule has 0 bridgehead atoms. The Balaban J connectivity index is 1.41. The van der Waals surface area contributed by atoms with Crippen LogP contribution in [0.4, 0.5) is 0 Å². The van der Waals surface area contributed by atoms with E-state index in [2.05, 4.69) is 19.9 Å². The first-order chi connectivity index (χ1) is 16.8. The maximum atomic E-state index is 12.4. The van der Waals surface area contributed by atoms with Gasteiger partial charge in [0.05, 0.1) is 29.0 Å². The Kier molecular flexibility index (Phi) is 6.34. The number of nitrogens with two attached hydrogens (primary N) is 1. The SMILES string of the molecule is NS(=O)(=O)c1ccc(CCN(Cc2nc3ccsc3c(=O)[nH]2)Cc2nc3ccsc3c(=O)[nH]2)cc1. The monoisotopic (exact) mass is 528 g/mol. The summed E-state index contributed by atoms with van der Waals surface area (Å²) in [6.45, 7) is 1.18. The zero-order valence-electron chi connectivity index (χ0n) is 18.2. The number of benzene rings is 1. The number of aromatic amines is 2. The van der Waals surface area contributed by atoms with Crippen LogP contribution in [0, 0.1) is 0 Å². The fraction of sp³-hybridized carbons (Fsp3) is 0.182. The lowest BCUT2D eigenvalue weighted by molar-refractivity contribution is 0.247. The molecule has 0 atom stereocenters. The molecule has 4 heterocycles. The maximum Gasteiger partial charge on any atom is 0.268 e. The van der Waals surface area contributed by atoms with E-state index in [1.165, 1.54) is 34.8 Å². The smallest absolute Gasteiger partial charge is 0.268 e. The number of nitrogens with one attached hydrogen (secondary N) is 2. The van der Waals surface area contributed by atoms with Gasteiger partial charge in [-0.2, -0.15) is 0 Å². The van der Waals surface area contributed by atoms with Crippen molar-refractivity contribution in [2.24, 2.45) is 5.14 Å². The number of sulfonamides is 1. The van der Waals surface area contributed by atoms with Crippen LogP contribution >= 0.6 is 22.7 Å². The summed E-state index contributed by atoms with van der Waals surface area (Å²) < 4.78 is 24.2. The van der Waals surface area contributed by atoms with E-state index in [0.29, 0.717) is 58.1 Å². The van der Waals surface area contributed by atoms with Gasteiger partial charge in [0.15, 0.2) is 0 Å². The molecule has 4 N–H and O–H groups in total. The van der Waals surface area contributed by atoms with Crippen LogP contribution in [0.1, 0.15) is 17.2 Å². The molecule has 0 saturated heterocycles. The largest absolute Gasteiger partial charge is 0.308 e. The summed E-state index contributed by atoms with van der Waals surface area (Å²) in [4.78, 5) is 41.8. The Morgan fingerprint density at radius 2 is 1.34 bits per heavy atom. The lowest BCUT2D eigenvalue weighted by Crippen LogP contribution is -2.29. The number of hydrogen-bond donors (Lipinski definition) is 3. The van der Waals surface area contributed by atoms with Gasteiger partial charge in [-0.05, 0) is 47.0 Å². The molecule has 13 heteroatoms. The Labute approximate surface area is 207 Å². The van der Waals surface area contributed by atoms with Crippen molar-refractivity contribution in [1.82, 2.24) is 24.8 Å². The average Bonchev–Trinajstić information content (AvgIpc) is 3.47. The van der Waals surface area contributed by atoms with Gasteiger partial charge in [-0.25, -0.2) is 23.5 Å². The van der Waals surface area contributed by atoms with Crippen LogP contribution in [-0.4, -0.2) is 39.8 Å². The molecule has 180 valence electrons. The van der Waals surface area contributed by atoms with Crippen molar-refractivity contribution >= 4 is 53.1 Å². The van der Waals surface area contributed by atoms with Crippen molar-refractivity contribution < 1.29 is 8.42 Å². The molecule has 0 aliphatic rings. The number of thiophene rings is 2. The second kappa shape index (κ2) is 9.43. The molecule has 1 aromatic carbocycles. The number of primary sulfonamides is 1. The Morgan fingerprint density at radius 1 is 0.829 bits per heavy atom. The number of hydrogen-bond acceptors (Lipinski definition) is 9. The van der Waals surface area contributed by atoms with Crippen LogP contribution in [0.15, 0.2) is 61.6 Å². The van der Waals surface area contributed by atoms with Gasteiger partial charge < -0.3 is 9.97 Å². The molecule has 0 unspecified atom stereocenters. The Morgan fingerprint density at radius 3 is 1.83 bits per heavy atom. The van der Waals surface area contributed by atoms with Crippen molar-refractivity contribution in [1.29, 1.82) is 0 Å². The molecule has 0 spiro atoms. The predicted octanol–water partition coefficient (Wildman–Crippen LogP) is 2.17. The van der Waals surface area contributed by atoms with Crippen LogP contribution < -0.4 is 16.3 Å². The lowest BCUT2D eigenvalue weighted by Gasteiger charge is -2.21. The van der Waals surface area contributed by atoms with Gasteiger partial charge in [-0.15, -0.1) is 22.7 Å². The highest BCUT2D eigenvalue weighted by Gasteiger charge is 2.15. The van der Waals surface area contributed by atoms with Crippen molar-refractivity contribution in [3.63, 3.8) is 0 Å². The van der Waals surface area contributed by atoms with Crippen molar-refractivity contribution in [2.75, 3.05) is 6.54 Å². The van der Waals surface area contributed by atoms with Gasteiger partial charge in [0.2, 0.25) is 10.0 Å². The fourth-order valence-corrected chi connectivity index (χ4v) is 5.73. The first-order valence-corrected chi connectivity index (χ1v) is 13.8. The molecule has 35 heavy (non-hydrogen) atoms. The molecule has 0 amide bonds. The molecule has 10 nitrogen and oxygen atoms in total. The molecule has 0 radical (unpaired) electrons. The average molecular weight is 529 g/mol. The quantitative estimate of drug-likeness (QED) is 0.279. The number of fused-ring (bicyclic) bond motifs is 2. The Hall–Kier alpha value is -3.23. The number of aromatic nitrogens is 4. The van der Waals surface area contributed by atoms with Gasteiger partial charge in [-0.3, -0.25) is 14.5 Å². The summed E-state index contributed by atoms with van der Waals surface area (Å²) in [5, 5.41) is 8.83. The van der Waals surface area contributed by atoms with E-state index in [1.54, 1.807) is 24.3 Å². The number of H-pyrrole nitrogens is 2. The highest BCUT2D eigenvalue weighted by atomic mass is 32.2. The van der Waals surface area contributed by atoms with Gasteiger partial charge in [-0.1, -0.05) is 12.1 Å². The molecular formula is C22H20N6O4S3. The minimum Gasteiger partial charge on any atom is -0.308 e. The Bertz CT molecular complexity index is 1650. The molecule has 0 fully saturated rings. The first kappa shape index (κ1) is 23.5. The topological polar surface area (TPSA) is 155 Å². The fourth-order valence-electron chi connectivity index (χ4n) is 3.76. The van der Waals surface area contributed by atoms with E-state index >= 15 is 0 Å². The standard InChI is InChI=1S/C22H20N6O4S3/c23-35(31,32)14-3-1-13(2-4-14)5-8-28(11-17-24-15-6-9-33-19(15)21(29)26-17)12-18-25-16-7-10-34-20(16)22(30)27-18/h1-4,6-7,9-10H,5,8,11-12H2,(H2,23,31,32)(H,24,26,29)(H,25,27,30). The lowest BCUT2D eigenvalue weighted by atomic mass is 10.1. The van der Waals surface area contributed by atoms with E-state index in [-0.39, 0.29) is 16.0 Å². The third kappa shape index (κ3) is 5.23. The van der Waals surface area contributed by atoms with Crippen LogP contribution in [0.25, 0.3) is 20.4 Å². The minimum atomic E-state index is -3.76. The van der Waals surface area contributed by atoms with Gasteiger partial charge in [0, 0.05) is 6.54 Å². The molecule has 0 aliphatic heterocycles. The van der Waals surface area contributed by atoms with E-state index in [4.69, 9.17) is 5.14 Å². The van der Waals surface area contributed by atoms with Crippen molar-refractivity contribution in [3.05, 3.63) is 85.1 Å². The third-order valence-corrected chi connectivity index (χ3v) is 8.18. The summed E-state index contributed by atoms with van der Waals surface area (Å²) in [6, 6.07) is 9.99. The van der Waals surface area contributed by atoms with Crippen molar-refractivity contribution in [3.8, 4) is 0 Å². The van der Waals surface area contributed by atoms with E-state index in [1.807, 2.05) is 15.7 Å². The molecule has 4 aromatic heterocycles. The zero-order valence-corrected chi connectivity index (χ0v) is 20.7. The predicted molar refractivity (Wildman–Crippen MR) is 136 cm³/mol. The third-order valence-electron chi connectivity index (χ3n) is 5.44. The van der Waals surface area contributed by atoms with Crippen LogP contribution in [-0.2, 0) is 29.5 Å². The highest BCUT2D eigenvalue weighted by Crippen LogP contribution is 2.17. The summed E-state index contributed by atoms with van der Waals surface area (Å²) >= 11 is 2.68. The van der Waals surface area contributed by atoms with Gasteiger partial charge in [0.25, 0.3) is 11.1 Å². The zero-order chi connectivity index (χ0) is 24.6. The van der Waals surface area contributed by atoms with E-state index in [9.17, 15) is 18.0 Å². The molecular weight excluding hydrogens is 508 g/mol. The molecule has 5 rings (SSSR count). The van der Waals surface area contributed by atoms with E-state index < -0.39 is 10.0 Å². The normalized spacial score (nSPS) is 12.2. The second-order valence-electron chi connectivity index (χ2n) is 7.94. The number of rotatable bonds is 8. The molecule has 0 saturated carbocycles. The van der Waals surface area contributed by atoms with Crippen LogP contribution in [0.3, 0.4) is 0 Å². The first-order valence-electron chi connectivity index (χ1n) is 10.5. The second-order valence-corrected chi connectivity index (χ2v) is 11.3. The van der Waals surface area contributed by atoms with Gasteiger partial charge in [0.1, 0.15) is 21.0 Å². The van der Waals surface area contributed by atoms with Gasteiger partial charge >= 0.3 is 0 Å². The summed E-state index contributed by atoms with van der Waals surface area (Å²) in [5.74, 6) is 1.01. The minimum absolute atomic E-state index is 0.0507.